The molecule has 2 nitrogen and oxygen atoms in total. The number of rotatable bonds is 6. The van der Waals surface area contributed by atoms with Crippen molar-refractivity contribution >= 4 is 26.5 Å². The van der Waals surface area contributed by atoms with E-state index in [1.807, 2.05) is 0 Å². The highest BCUT2D eigenvalue weighted by Crippen LogP contribution is 2.35. The molecule has 5 aromatic rings. The van der Waals surface area contributed by atoms with Crippen molar-refractivity contribution in [2.45, 2.75) is 39.3 Å². The normalized spacial score (nSPS) is 11.9. The zero-order valence-electron chi connectivity index (χ0n) is 23.3. The lowest BCUT2D eigenvalue weighted by Gasteiger charge is -2.17. The van der Waals surface area contributed by atoms with Gasteiger partial charge in [-0.1, -0.05) is 112 Å². The van der Waals surface area contributed by atoms with Gasteiger partial charge in [0, 0.05) is 23.5 Å². The fourth-order valence-corrected chi connectivity index (χ4v) is 6.77. The predicted molar refractivity (Wildman–Crippen MR) is 170 cm³/mol. The lowest BCUT2D eigenvalue weighted by Crippen LogP contribution is -2.37. The van der Waals surface area contributed by atoms with E-state index in [0.717, 1.165) is 22.5 Å². The van der Waals surface area contributed by atoms with Crippen LogP contribution in [0.25, 0.3) is 44.8 Å². The second-order valence-electron chi connectivity index (χ2n) is 12.1. The second-order valence-corrected chi connectivity index (χ2v) is 22.2. The first-order valence-electron chi connectivity index (χ1n) is 13.3. The summed E-state index contributed by atoms with van der Waals surface area (Å²) in [5, 5.41) is 2.76. The molecule has 5 rings (SSSR count). The van der Waals surface area contributed by atoms with E-state index in [9.17, 15) is 0 Å². The van der Waals surface area contributed by atoms with Crippen LogP contribution in [0.3, 0.4) is 0 Å². The fraction of sp³-hybridized carbons (Fsp3) is 0.176. The molecule has 190 valence electrons. The predicted octanol–water partition coefficient (Wildman–Crippen LogP) is 8.24. The van der Waals surface area contributed by atoms with Crippen molar-refractivity contribution in [1.29, 1.82) is 0 Å². The monoisotopic (exact) mass is 528 g/mol. The van der Waals surface area contributed by atoms with Gasteiger partial charge in [0.2, 0.25) is 0 Å². The highest BCUT2D eigenvalue weighted by Gasteiger charge is 2.18. The van der Waals surface area contributed by atoms with Gasteiger partial charge in [0.1, 0.15) is 0 Å². The third-order valence-corrected chi connectivity index (χ3v) is 11.2. The molecule has 2 heterocycles. The first kappa shape index (κ1) is 26.0. The van der Waals surface area contributed by atoms with Crippen molar-refractivity contribution in [2.24, 2.45) is 0 Å². The topological polar surface area (TPSA) is 25.8 Å². The van der Waals surface area contributed by atoms with E-state index in [4.69, 9.17) is 9.97 Å². The van der Waals surface area contributed by atoms with Crippen LogP contribution in [0, 0.1) is 0 Å². The Morgan fingerprint density at radius 3 is 1.16 bits per heavy atom. The van der Waals surface area contributed by atoms with Crippen LogP contribution in [0.1, 0.15) is 0 Å². The van der Waals surface area contributed by atoms with E-state index < -0.39 is 16.1 Å². The maximum absolute atomic E-state index is 4.83. The lowest BCUT2D eigenvalue weighted by atomic mass is 9.92. The molecule has 0 fully saturated rings. The van der Waals surface area contributed by atoms with E-state index >= 15 is 0 Å². The van der Waals surface area contributed by atoms with Crippen LogP contribution in [0.4, 0.5) is 0 Å². The Morgan fingerprint density at radius 2 is 0.816 bits per heavy atom. The van der Waals surface area contributed by atoms with Gasteiger partial charge in [-0.15, -0.1) is 0 Å². The zero-order valence-corrected chi connectivity index (χ0v) is 25.3. The van der Waals surface area contributed by atoms with Gasteiger partial charge >= 0.3 is 0 Å². The van der Waals surface area contributed by atoms with E-state index in [2.05, 4.69) is 149 Å². The summed E-state index contributed by atoms with van der Waals surface area (Å²) in [6, 6.07) is 35.0. The van der Waals surface area contributed by atoms with Crippen molar-refractivity contribution in [3.63, 3.8) is 0 Å². The number of hydrogen-bond acceptors (Lipinski definition) is 2. The largest absolute Gasteiger partial charge is 0.256 e. The summed E-state index contributed by atoms with van der Waals surface area (Å²) in [5.41, 5.74) is 9.12. The summed E-state index contributed by atoms with van der Waals surface area (Å²) in [6.45, 7) is 14.1. The first-order chi connectivity index (χ1) is 18.1. The number of benzene rings is 3. The molecule has 0 amide bonds. The van der Waals surface area contributed by atoms with Gasteiger partial charge in [0.15, 0.2) is 0 Å². The summed E-state index contributed by atoms with van der Waals surface area (Å²) in [7, 11) is -2.74. The smallest absolute Gasteiger partial charge is 0.0796 e. The molecular weight excluding hydrogens is 493 g/mol. The molecule has 38 heavy (non-hydrogen) atoms. The minimum absolute atomic E-state index is 1.01. The van der Waals surface area contributed by atoms with Gasteiger partial charge in [-0.05, 0) is 56.9 Å². The maximum atomic E-state index is 4.83. The molecule has 0 aliphatic rings. The summed E-state index contributed by atoms with van der Waals surface area (Å²) < 4.78 is 0. The van der Waals surface area contributed by atoms with Crippen LogP contribution >= 0.6 is 0 Å². The fourth-order valence-electron chi connectivity index (χ4n) is 4.70. The molecule has 0 saturated heterocycles. The Labute approximate surface area is 229 Å². The summed E-state index contributed by atoms with van der Waals surface area (Å²) >= 11 is 0. The minimum atomic E-state index is -1.37. The average molecular weight is 529 g/mol. The standard InChI is InChI=1S/C34H36N2Si2/c1-37(2,3)29-17-19-33(35-23-29)27-13-9-11-25(21-27)31-15-7-8-16-32(31)26-12-10-14-28(22-26)34-20-18-30(24-36-34)38(4,5)6/h7-24H,1-6H3. The van der Waals surface area contributed by atoms with Crippen LogP contribution in [0.15, 0.2) is 109 Å². The number of aromatic nitrogens is 2. The zero-order chi connectivity index (χ0) is 26.9. The molecule has 0 radical (unpaired) electrons. The molecule has 3 aromatic carbocycles. The van der Waals surface area contributed by atoms with Gasteiger partial charge < -0.3 is 0 Å². The van der Waals surface area contributed by atoms with Gasteiger partial charge in [-0.25, -0.2) is 0 Å². The van der Waals surface area contributed by atoms with Crippen LogP contribution in [-0.2, 0) is 0 Å². The molecule has 0 unspecified atom stereocenters. The van der Waals surface area contributed by atoms with Crippen LogP contribution in [0.5, 0.6) is 0 Å². The van der Waals surface area contributed by atoms with E-state index in [-0.39, 0.29) is 0 Å². The van der Waals surface area contributed by atoms with E-state index in [1.165, 1.54) is 32.6 Å². The Kier molecular flexibility index (Phi) is 7.04. The molecule has 4 heteroatoms. The van der Waals surface area contributed by atoms with Crippen molar-refractivity contribution < 1.29 is 0 Å². The van der Waals surface area contributed by atoms with E-state index in [1.54, 1.807) is 0 Å². The third kappa shape index (κ3) is 5.62. The number of hydrogen-bond donors (Lipinski definition) is 0. The van der Waals surface area contributed by atoms with Crippen LogP contribution in [-0.4, -0.2) is 26.1 Å². The van der Waals surface area contributed by atoms with Crippen LogP contribution < -0.4 is 10.4 Å². The Balaban J connectivity index is 1.50. The lowest BCUT2D eigenvalue weighted by molar-refractivity contribution is 1.34. The third-order valence-electron chi connectivity index (χ3n) is 7.12. The summed E-state index contributed by atoms with van der Waals surface area (Å²) in [6.07, 6.45) is 4.13. The van der Waals surface area contributed by atoms with Gasteiger partial charge in [-0.3, -0.25) is 9.97 Å². The number of pyridine rings is 2. The molecular formula is C34H36N2Si2. The van der Waals surface area contributed by atoms with Gasteiger partial charge in [0.05, 0.1) is 27.5 Å². The molecule has 0 aliphatic heterocycles. The van der Waals surface area contributed by atoms with Crippen molar-refractivity contribution in [3.05, 3.63) is 109 Å². The quantitative estimate of drug-likeness (QED) is 0.207. The summed E-state index contributed by atoms with van der Waals surface area (Å²) in [4.78, 5) is 9.65. The Hall–Kier alpha value is -3.61. The first-order valence-corrected chi connectivity index (χ1v) is 20.3. The molecule has 2 aromatic heterocycles. The van der Waals surface area contributed by atoms with E-state index in [0.29, 0.717) is 0 Å². The van der Waals surface area contributed by atoms with Crippen molar-refractivity contribution in [2.75, 3.05) is 0 Å². The maximum Gasteiger partial charge on any atom is 0.0796 e. The molecule has 0 N–H and O–H groups in total. The average Bonchev–Trinajstić information content (AvgIpc) is 2.92. The molecule has 0 bridgehead atoms. The van der Waals surface area contributed by atoms with Crippen molar-refractivity contribution in [1.82, 2.24) is 9.97 Å². The van der Waals surface area contributed by atoms with Crippen molar-refractivity contribution in [3.8, 4) is 44.8 Å². The Bertz CT molecular complexity index is 1440. The molecule has 0 atom stereocenters. The number of nitrogens with zero attached hydrogens (tertiary/aromatic N) is 2. The highest BCUT2D eigenvalue weighted by molar-refractivity contribution is 6.89. The highest BCUT2D eigenvalue weighted by atomic mass is 28.3. The SMILES string of the molecule is C[Si](C)(C)c1ccc(-c2cccc(-c3ccccc3-c3cccc(-c4ccc([Si](C)(C)C)cn4)c3)c2)nc1. The van der Waals surface area contributed by atoms with Gasteiger partial charge in [0.25, 0.3) is 0 Å². The molecule has 0 spiro atoms. The molecule has 0 aliphatic carbocycles. The summed E-state index contributed by atoms with van der Waals surface area (Å²) in [5.74, 6) is 0. The Morgan fingerprint density at radius 1 is 0.421 bits per heavy atom. The second kappa shape index (κ2) is 10.3. The molecule has 0 saturated carbocycles. The minimum Gasteiger partial charge on any atom is -0.256 e. The van der Waals surface area contributed by atoms with Gasteiger partial charge in [-0.2, -0.15) is 0 Å². The van der Waals surface area contributed by atoms with Crippen LogP contribution in [0.2, 0.25) is 39.3 Å².